The van der Waals surface area contributed by atoms with Crippen LogP contribution in [-0.4, -0.2) is 20.6 Å². The Morgan fingerprint density at radius 3 is 3.07 bits per heavy atom. The molecule has 1 N–H and O–H groups in total. The van der Waals surface area contributed by atoms with Gasteiger partial charge in [-0.1, -0.05) is 6.08 Å². The van der Waals surface area contributed by atoms with Crippen LogP contribution in [0, 0.1) is 0 Å². The molecule has 0 radical (unpaired) electrons. The molecule has 4 heteroatoms. The predicted octanol–water partition coefficient (Wildman–Crippen LogP) is 1.95. The fourth-order valence-electron chi connectivity index (χ4n) is 1.44. The third-order valence-corrected chi connectivity index (χ3v) is 2.36. The average molecular weight is 202 g/mol. The molecule has 0 spiro atoms. The maximum Gasteiger partial charge on any atom is 0.154 e. The molecule has 1 atom stereocenters. The van der Waals surface area contributed by atoms with Gasteiger partial charge in [-0.05, 0) is 13.0 Å². The van der Waals surface area contributed by atoms with Crippen molar-refractivity contribution >= 4 is 16.9 Å². The van der Waals surface area contributed by atoms with Gasteiger partial charge in [0.2, 0.25) is 0 Å². The second-order valence-corrected chi connectivity index (χ2v) is 3.55. The Kier molecular flexibility index (Phi) is 2.41. The zero-order chi connectivity index (χ0) is 10.8. The van der Waals surface area contributed by atoms with Gasteiger partial charge in [-0.2, -0.15) is 0 Å². The van der Waals surface area contributed by atoms with E-state index in [1.165, 1.54) is 0 Å². The van der Waals surface area contributed by atoms with Crippen molar-refractivity contribution < 1.29 is 0 Å². The number of rotatable bonds is 3. The van der Waals surface area contributed by atoms with Gasteiger partial charge < -0.3 is 9.88 Å². The van der Waals surface area contributed by atoms with Crippen LogP contribution >= 0.6 is 0 Å². The lowest BCUT2D eigenvalue weighted by Crippen LogP contribution is -2.12. The molecule has 1 unspecified atom stereocenters. The van der Waals surface area contributed by atoms with Crippen LogP contribution in [0.1, 0.15) is 6.92 Å². The second-order valence-electron chi connectivity index (χ2n) is 3.55. The summed E-state index contributed by atoms with van der Waals surface area (Å²) in [5.41, 5.74) is 1.97. The lowest BCUT2D eigenvalue weighted by atomic mass is 10.3. The van der Waals surface area contributed by atoms with Crippen molar-refractivity contribution in [3.63, 3.8) is 0 Å². The summed E-state index contributed by atoms with van der Waals surface area (Å²) in [4.78, 5) is 8.58. The molecule has 15 heavy (non-hydrogen) atoms. The van der Waals surface area contributed by atoms with E-state index in [0.717, 1.165) is 16.9 Å². The van der Waals surface area contributed by atoms with E-state index in [4.69, 9.17) is 0 Å². The summed E-state index contributed by atoms with van der Waals surface area (Å²) in [6.45, 7) is 5.75. The number of hydrogen-bond acceptors (Lipinski definition) is 3. The summed E-state index contributed by atoms with van der Waals surface area (Å²) >= 11 is 0. The quantitative estimate of drug-likeness (QED) is 0.774. The zero-order valence-electron chi connectivity index (χ0n) is 8.94. The topological polar surface area (TPSA) is 42.7 Å². The molecule has 2 heterocycles. The van der Waals surface area contributed by atoms with E-state index in [1.807, 2.05) is 30.7 Å². The van der Waals surface area contributed by atoms with E-state index < -0.39 is 0 Å². The van der Waals surface area contributed by atoms with Crippen molar-refractivity contribution in [3.05, 3.63) is 31.2 Å². The van der Waals surface area contributed by atoms with Crippen LogP contribution in [0.15, 0.2) is 31.2 Å². The number of fused-ring (bicyclic) bond motifs is 1. The van der Waals surface area contributed by atoms with Crippen LogP contribution in [0.2, 0.25) is 0 Å². The minimum atomic E-state index is 0.185. The maximum absolute atomic E-state index is 4.31. The fraction of sp³-hybridized carbons (Fsp3) is 0.273. The molecule has 2 rings (SSSR count). The van der Waals surface area contributed by atoms with Gasteiger partial charge in [0.25, 0.3) is 0 Å². The van der Waals surface area contributed by atoms with Crippen LogP contribution in [0.4, 0.5) is 5.82 Å². The fourth-order valence-corrected chi connectivity index (χ4v) is 1.44. The lowest BCUT2D eigenvalue weighted by Gasteiger charge is -2.09. The molecule has 0 bridgehead atoms. The van der Waals surface area contributed by atoms with E-state index in [-0.39, 0.29) is 6.04 Å². The van der Waals surface area contributed by atoms with Gasteiger partial charge in [0.05, 0.1) is 11.8 Å². The third-order valence-electron chi connectivity index (χ3n) is 2.36. The number of nitrogens with one attached hydrogen (secondary N) is 1. The second kappa shape index (κ2) is 3.73. The average Bonchev–Trinajstić information content (AvgIpc) is 2.62. The standard InChI is InChI=1S/C11H14N4/c1-4-8(2)14-11-10-9(5-6-12-11)15(3)7-13-10/h4-8H,1H2,2-3H3,(H,12,14). The first-order chi connectivity index (χ1) is 7.22. The van der Waals surface area contributed by atoms with Gasteiger partial charge in [0.1, 0.15) is 5.52 Å². The van der Waals surface area contributed by atoms with Gasteiger partial charge >= 0.3 is 0 Å². The number of aromatic nitrogens is 3. The van der Waals surface area contributed by atoms with Crippen molar-refractivity contribution in [2.24, 2.45) is 7.05 Å². The number of pyridine rings is 1. The number of nitrogens with zero attached hydrogens (tertiary/aromatic N) is 3. The molecule has 2 aromatic heterocycles. The smallest absolute Gasteiger partial charge is 0.154 e. The van der Waals surface area contributed by atoms with Crippen LogP contribution < -0.4 is 5.32 Å². The number of aryl methyl sites for hydroxylation is 1. The Balaban J connectivity index is 2.47. The Labute approximate surface area is 88.7 Å². The summed E-state index contributed by atoms with van der Waals surface area (Å²) in [7, 11) is 1.97. The molecular formula is C11H14N4. The Hall–Kier alpha value is -1.84. The van der Waals surface area contributed by atoms with Gasteiger partial charge in [0.15, 0.2) is 5.82 Å². The minimum Gasteiger partial charge on any atom is -0.362 e. The number of hydrogen-bond donors (Lipinski definition) is 1. The summed E-state index contributed by atoms with van der Waals surface area (Å²) in [6.07, 6.45) is 5.40. The van der Waals surface area contributed by atoms with Crippen molar-refractivity contribution in [2.45, 2.75) is 13.0 Å². The SMILES string of the molecule is C=CC(C)Nc1nccc2c1ncn2C. The van der Waals surface area contributed by atoms with Crippen LogP contribution in [-0.2, 0) is 7.05 Å². The molecular weight excluding hydrogens is 188 g/mol. The molecule has 0 aliphatic carbocycles. The monoisotopic (exact) mass is 202 g/mol. The Morgan fingerprint density at radius 2 is 2.33 bits per heavy atom. The molecule has 0 saturated heterocycles. The first kappa shape index (κ1) is 9.71. The molecule has 0 aliphatic heterocycles. The van der Waals surface area contributed by atoms with Gasteiger partial charge in [0, 0.05) is 19.3 Å². The van der Waals surface area contributed by atoms with Crippen molar-refractivity contribution in [3.8, 4) is 0 Å². The first-order valence-corrected chi connectivity index (χ1v) is 4.87. The molecule has 0 aliphatic rings. The van der Waals surface area contributed by atoms with E-state index in [9.17, 15) is 0 Å². The summed E-state index contributed by atoms with van der Waals surface area (Å²) < 4.78 is 1.97. The molecule has 0 aromatic carbocycles. The predicted molar refractivity (Wildman–Crippen MR) is 61.8 cm³/mol. The lowest BCUT2D eigenvalue weighted by molar-refractivity contribution is 0.947. The van der Waals surface area contributed by atoms with Crippen LogP contribution in [0.3, 0.4) is 0 Å². The van der Waals surface area contributed by atoms with Crippen molar-refractivity contribution in [2.75, 3.05) is 5.32 Å². The van der Waals surface area contributed by atoms with Crippen molar-refractivity contribution in [1.82, 2.24) is 14.5 Å². The van der Waals surface area contributed by atoms with Crippen molar-refractivity contribution in [1.29, 1.82) is 0 Å². The Bertz CT molecular complexity index is 486. The normalized spacial score (nSPS) is 12.7. The number of imidazole rings is 1. The molecule has 2 aromatic rings. The van der Waals surface area contributed by atoms with Crippen LogP contribution in [0.5, 0.6) is 0 Å². The van der Waals surface area contributed by atoms with Gasteiger partial charge in [-0.3, -0.25) is 0 Å². The molecule has 0 saturated carbocycles. The zero-order valence-corrected chi connectivity index (χ0v) is 8.94. The summed E-state index contributed by atoms with van der Waals surface area (Å²) in [5.74, 6) is 0.806. The van der Waals surface area contributed by atoms with Crippen LogP contribution in [0.25, 0.3) is 11.0 Å². The van der Waals surface area contributed by atoms with E-state index >= 15 is 0 Å². The minimum absolute atomic E-state index is 0.185. The largest absolute Gasteiger partial charge is 0.362 e. The summed E-state index contributed by atoms with van der Waals surface area (Å²) in [6, 6.07) is 2.14. The summed E-state index contributed by atoms with van der Waals surface area (Å²) in [5, 5.41) is 3.24. The highest BCUT2D eigenvalue weighted by atomic mass is 15.1. The molecule has 78 valence electrons. The highest BCUT2D eigenvalue weighted by Gasteiger charge is 2.07. The molecule has 4 nitrogen and oxygen atoms in total. The van der Waals surface area contributed by atoms with Gasteiger partial charge in [-0.25, -0.2) is 9.97 Å². The van der Waals surface area contributed by atoms with Gasteiger partial charge in [-0.15, -0.1) is 6.58 Å². The molecule has 0 fully saturated rings. The maximum atomic E-state index is 4.31. The van der Waals surface area contributed by atoms with E-state index in [1.54, 1.807) is 12.5 Å². The van der Waals surface area contributed by atoms with E-state index in [0.29, 0.717) is 0 Å². The Morgan fingerprint density at radius 1 is 1.53 bits per heavy atom. The molecule has 0 amide bonds. The third kappa shape index (κ3) is 1.70. The number of anilines is 1. The first-order valence-electron chi connectivity index (χ1n) is 4.87. The highest BCUT2D eigenvalue weighted by Crippen LogP contribution is 2.18. The highest BCUT2D eigenvalue weighted by molar-refractivity contribution is 5.85. The van der Waals surface area contributed by atoms with E-state index in [2.05, 4.69) is 21.9 Å².